The van der Waals surface area contributed by atoms with E-state index in [4.69, 9.17) is 5.73 Å². The average molecular weight is 305 g/mol. The number of amides is 1. The highest BCUT2D eigenvalue weighted by atomic mass is 79.9. The smallest absolute Gasteiger partial charge is 0.228 e. The number of hydrogen-bond acceptors (Lipinski definition) is 3. The fourth-order valence-corrected chi connectivity index (χ4v) is 2.66. The Morgan fingerprint density at radius 3 is 2.69 bits per heavy atom. The first-order chi connectivity index (χ1) is 7.35. The molecule has 0 aliphatic heterocycles. The maximum Gasteiger partial charge on any atom is 0.228 e. The second-order valence-electron chi connectivity index (χ2n) is 4.44. The Morgan fingerprint density at radius 2 is 2.25 bits per heavy atom. The van der Waals surface area contributed by atoms with E-state index in [-0.39, 0.29) is 17.4 Å². The van der Waals surface area contributed by atoms with Crippen molar-refractivity contribution < 1.29 is 4.79 Å². The average Bonchev–Trinajstić information content (AvgIpc) is 2.63. The van der Waals surface area contributed by atoms with E-state index in [1.54, 1.807) is 11.3 Å². The van der Waals surface area contributed by atoms with Crippen molar-refractivity contribution in [1.29, 1.82) is 0 Å². The van der Waals surface area contributed by atoms with Crippen molar-refractivity contribution in [2.24, 2.45) is 5.73 Å². The first-order valence-corrected chi connectivity index (χ1v) is 6.74. The molecule has 1 atom stereocenters. The van der Waals surface area contributed by atoms with E-state index in [0.717, 1.165) is 8.66 Å². The number of hydrogen-bond donors (Lipinski definition) is 2. The summed E-state index contributed by atoms with van der Waals surface area (Å²) in [6.07, 6.45) is 0. The Morgan fingerprint density at radius 1 is 1.62 bits per heavy atom. The van der Waals surface area contributed by atoms with E-state index in [1.165, 1.54) is 0 Å². The molecule has 0 aromatic carbocycles. The zero-order valence-electron chi connectivity index (χ0n) is 9.71. The van der Waals surface area contributed by atoms with Crippen molar-refractivity contribution in [1.82, 2.24) is 5.32 Å². The predicted octanol–water partition coefficient (Wildman–Crippen LogP) is 2.47. The van der Waals surface area contributed by atoms with Gasteiger partial charge in [-0.3, -0.25) is 4.79 Å². The molecule has 3 nitrogen and oxygen atoms in total. The summed E-state index contributed by atoms with van der Waals surface area (Å²) in [5.74, 6) is -0.119. The fourth-order valence-electron chi connectivity index (χ4n) is 1.18. The van der Waals surface area contributed by atoms with Crippen LogP contribution < -0.4 is 11.1 Å². The summed E-state index contributed by atoms with van der Waals surface area (Å²) in [5.41, 5.74) is 5.23. The predicted molar refractivity (Wildman–Crippen MR) is 71.7 cm³/mol. The van der Waals surface area contributed by atoms with Gasteiger partial charge in [0.25, 0.3) is 0 Å². The van der Waals surface area contributed by atoms with E-state index in [0.29, 0.717) is 6.54 Å². The van der Waals surface area contributed by atoms with Crippen LogP contribution in [0.25, 0.3) is 0 Å². The van der Waals surface area contributed by atoms with Gasteiger partial charge in [0.15, 0.2) is 0 Å². The highest BCUT2D eigenvalue weighted by Gasteiger charge is 2.23. The van der Waals surface area contributed by atoms with Gasteiger partial charge in [0, 0.05) is 17.0 Å². The van der Waals surface area contributed by atoms with Gasteiger partial charge in [0.1, 0.15) is 0 Å². The number of thiophene rings is 1. The summed E-state index contributed by atoms with van der Waals surface area (Å²) in [5, 5.41) is 2.94. The molecule has 1 unspecified atom stereocenters. The van der Waals surface area contributed by atoms with Crippen LogP contribution in [0.3, 0.4) is 0 Å². The molecule has 1 heterocycles. The van der Waals surface area contributed by atoms with Gasteiger partial charge in [-0.2, -0.15) is 0 Å². The van der Waals surface area contributed by atoms with Crippen molar-refractivity contribution >= 4 is 33.2 Å². The van der Waals surface area contributed by atoms with Crippen molar-refractivity contribution in [2.75, 3.05) is 6.54 Å². The van der Waals surface area contributed by atoms with Crippen molar-refractivity contribution in [3.8, 4) is 0 Å². The molecule has 1 aromatic rings. The van der Waals surface area contributed by atoms with Crippen LogP contribution in [-0.4, -0.2) is 18.0 Å². The van der Waals surface area contributed by atoms with Gasteiger partial charge in [0.05, 0.1) is 9.70 Å². The molecule has 16 heavy (non-hydrogen) atoms. The molecule has 1 amide bonds. The molecule has 0 aliphatic rings. The number of carbonyl (C=O) groups excluding carboxylic acids is 1. The second-order valence-corrected chi connectivity index (χ2v) is 6.94. The van der Waals surface area contributed by atoms with Gasteiger partial charge in [-0.25, -0.2) is 0 Å². The summed E-state index contributed by atoms with van der Waals surface area (Å²) in [6.45, 7) is 6.17. The second kappa shape index (κ2) is 5.29. The molecule has 0 saturated carbocycles. The summed E-state index contributed by atoms with van der Waals surface area (Å²) in [6, 6.07) is 3.92. The third-order valence-corrected chi connectivity index (χ3v) is 4.19. The van der Waals surface area contributed by atoms with E-state index < -0.39 is 0 Å². The Labute approximate surface area is 109 Å². The molecule has 5 heteroatoms. The van der Waals surface area contributed by atoms with E-state index in [1.807, 2.05) is 32.9 Å². The van der Waals surface area contributed by atoms with E-state index in [2.05, 4.69) is 21.2 Å². The molecule has 90 valence electrons. The SMILES string of the molecule is CC(C(=O)NC(C)(C)CN)c1ccc(Br)s1. The van der Waals surface area contributed by atoms with Gasteiger partial charge in [0.2, 0.25) is 5.91 Å². The van der Waals surface area contributed by atoms with Gasteiger partial charge in [-0.1, -0.05) is 0 Å². The molecule has 1 rings (SSSR count). The zero-order valence-corrected chi connectivity index (χ0v) is 12.1. The van der Waals surface area contributed by atoms with Gasteiger partial charge >= 0.3 is 0 Å². The van der Waals surface area contributed by atoms with Crippen LogP contribution in [-0.2, 0) is 4.79 Å². The number of carbonyl (C=O) groups is 1. The minimum Gasteiger partial charge on any atom is -0.349 e. The van der Waals surface area contributed by atoms with Gasteiger partial charge in [-0.15, -0.1) is 11.3 Å². The minimum absolute atomic E-state index is 0.0183. The number of halogens is 1. The molecular formula is C11H17BrN2OS. The van der Waals surface area contributed by atoms with Crippen molar-refractivity contribution in [2.45, 2.75) is 32.2 Å². The molecule has 3 N–H and O–H groups in total. The van der Waals surface area contributed by atoms with Crippen molar-refractivity contribution in [3.05, 3.63) is 20.8 Å². The standard InChI is InChI=1S/C11H17BrN2OS/c1-7(8-4-5-9(12)16-8)10(15)14-11(2,3)6-13/h4-5,7H,6,13H2,1-3H3,(H,14,15). The Bertz CT molecular complexity index is 376. The Kier molecular flexibility index (Phi) is 4.52. The van der Waals surface area contributed by atoms with Crippen LogP contribution in [0.4, 0.5) is 0 Å². The summed E-state index contributed by atoms with van der Waals surface area (Å²) < 4.78 is 1.04. The lowest BCUT2D eigenvalue weighted by Gasteiger charge is -2.25. The molecule has 0 radical (unpaired) electrons. The number of nitrogens with two attached hydrogens (primary N) is 1. The Balaban J connectivity index is 2.68. The van der Waals surface area contributed by atoms with Crippen LogP contribution >= 0.6 is 27.3 Å². The molecule has 0 fully saturated rings. The lowest BCUT2D eigenvalue weighted by atomic mass is 10.0. The summed E-state index contributed by atoms with van der Waals surface area (Å²) in [7, 11) is 0. The third kappa shape index (κ3) is 3.57. The fraction of sp³-hybridized carbons (Fsp3) is 0.545. The monoisotopic (exact) mass is 304 g/mol. The zero-order chi connectivity index (χ0) is 12.3. The van der Waals surface area contributed by atoms with Crippen LogP contribution in [0.2, 0.25) is 0 Å². The van der Waals surface area contributed by atoms with Crippen LogP contribution in [0, 0.1) is 0 Å². The number of rotatable bonds is 4. The molecule has 0 saturated heterocycles. The third-order valence-electron chi connectivity index (χ3n) is 2.39. The van der Waals surface area contributed by atoms with Gasteiger partial charge < -0.3 is 11.1 Å². The molecule has 1 aromatic heterocycles. The van der Waals surface area contributed by atoms with Crippen LogP contribution in [0.15, 0.2) is 15.9 Å². The summed E-state index contributed by atoms with van der Waals surface area (Å²) in [4.78, 5) is 13.0. The van der Waals surface area contributed by atoms with E-state index in [9.17, 15) is 4.79 Å². The minimum atomic E-state index is -0.347. The van der Waals surface area contributed by atoms with Crippen molar-refractivity contribution in [3.63, 3.8) is 0 Å². The maximum absolute atomic E-state index is 12.0. The van der Waals surface area contributed by atoms with Crippen LogP contribution in [0.5, 0.6) is 0 Å². The summed E-state index contributed by atoms with van der Waals surface area (Å²) >= 11 is 4.97. The Hall–Kier alpha value is -0.390. The topological polar surface area (TPSA) is 55.1 Å². The first kappa shape index (κ1) is 13.7. The molecule has 0 spiro atoms. The quantitative estimate of drug-likeness (QED) is 0.898. The normalized spacial score (nSPS) is 13.6. The largest absolute Gasteiger partial charge is 0.349 e. The molecule has 0 bridgehead atoms. The lowest BCUT2D eigenvalue weighted by Crippen LogP contribution is -2.50. The van der Waals surface area contributed by atoms with E-state index >= 15 is 0 Å². The highest BCUT2D eigenvalue weighted by Crippen LogP contribution is 2.28. The molecular weight excluding hydrogens is 288 g/mol. The maximum atomic E-state index is 12.0. The van der Waals surface area contributed by atoms with Gasteiger partial charge in [-0.05, 0) is 48.8 Å². The van der Waals surface area contributed by atoms with Crippen LogP contribution in [0.1, 0.15) is 31.6 Å². The highest BCUT2D eigenvalue weighted by molar-refractivity contribution is 9.11. The molecule has 0 aliphatic carbocycles. The lowest BCUT2D eigenvalue weighted by molar-refractivity contribution is -0.123. The first-order valence-electron chi connectivity index (χ1n) is 5.13. The number of nitrogens with one attached hydrogen (secondary N) is 1.